The summed E-state index contributed by atoms with van der Waals surface area (Å²) < 4.78 is 5.20. The van der Waals surface area contributed by atoms with Crippen LogP contribution in [0.25, 0.3) is 0 Å². The van der Waals surface area contributed by atoms with E-state index in [-0.39, 0.29) is 40.0 Å². The molecule has 2 aliphatic rings. The largest absolute Gasteiger partial charge is 0.452 e. The third-order valence-corrected chi connectivity index (χ3v) is 5.96. The lowest BCUT2D eigenvalue weighted by Crippen LogP contribution is -2.39. The summed E-state index contributed by atoms with van der Waals surface area (Å²) in [7, 11) is 0. The van der Waals surface area contributed by atoms with Gasteiger partial charge in [-0.05, 0) is 48.3 Å². The van der Waals surface area contributed by atoms with Crippen molar-refractivity contribution in [2.75, 3.05) is 13.2 Å². The molecule has 3 rings (SSSR count). The van der Waals surface area contributed by atoms with Gasteiger partial charge in [-0.3, -0.25) is 4.79 Å². The van der Waals surface area contributed by atoms with E-state index in [0.717, 1.165) is 25.8 Å². The van der Waals surface area contributed by atoms with Crippen molar-refractivity contribution in [3.8, 4) is 0 Å². The maximum Gasteiger partial charge on any atom is 0.338 e. The fourth-order valence-corrected chi connectivity index (χ4v) is 4.97. The number of nitrogens with zero attached hydrogens (tertiary/aromatic N) is 1. The van der Waals surface area contributed by atoms with Crippen molar-refractivity contribution in [3.05, 3.63) is 33.8 Å². The smallest absolute Gasteiger partial charge is 0.338 e. The Morgan fingerprint density at radius 2 is 1.92 bits per heavy atom. The van der Waals surface area contributed by atoms with Crippen LogP contribution in [0.5, 0.6) is 0 Å². The van der Waals surface area contributed by atoms with E-state index in [1.54, 1.807) is 0 Å². The number of amides is 1. The number of fused-ring (bicyclic) bond motifs is 2. The number of likely N-dealkylation sites (tertiary alicyclic amines) is 1. The minimum atomic E-state index is -0.569. The van der Waals surface area contributed by atoms with E-state index in [0.29, 0.717) is 5.02 Å². The number of hydrogen-bond acceptors (Lipinski definition) is 3. The summed E-state index contributed by atoms with van der Waals surface area (Å²) in [6, 6.07) is 4.76. The van der Waals surface area contributed by atoms with Gasteiger partial charge in [-0.25, -0.2) is 4.79 Å². The molecule has 25 heavy (non-hydrogen) atoms. The molecule has 1 amide bonds. The molecule has 1 aromatic rings. The van der Waals surface area contributed by atoms with Crippen LogP contribution >= 0.6 is 23.2 Å². The summed E-state index contributed by atoms with van der Waals surface area (Å²) in [5, 5.41) is 0.653. The Labute approximate surface area is 158 Å². The third kappa shape index (κ3) is 3.95. The van der Waals surface area contributed by atoms with Gasteiger partial charge in [-0.1, -0.05) is 44.0 Å². The van der Waals surface area contributed by atoms with Crippen LogP contribution in [0.2, 0.25) is 10.0 Å². The standard InChI is InChI=1S/C19H23Cl2NO3/c1-18(2)7-13-8-19(3,10-18)11-22(13)16(23)9-25-17(24)12-4-5-14(20)15(21)6-12/h4-6,13H,7-11H2,1-3H3/t13-,19+/m1/s1. The zero-order chi connectivity index (χ0) is 18.4. The maximum atomic E-state index is 12.6. The first kappa shape index (κ1) is 18.5. The molecule has 1 saturated carbocycles. The summed E-state index contributed by atoms with van der Waals surface area (Å²) in [6.07, 6.45) is 3.14. The predicted molar refractivity (Wildman–Crippen MR) is 98.0 cm³/mol. The molecular weight excluding hydrogens is 361 g/mol. The molecule has 0 radical (unpaired) electrons. The van der Waals surface area contributed by atoms with Gasteiger partial charge in [0.2, 0.25) is 0 Å². The first-order chi connectivity index (χ1) is 11.6. The van der Waals surface area contributed by atoms with Crippen molar-refractivity contribution in [3.63, 3.8) is 0 Å². The van der Waals surface area contributed by atoms with Crippen LogP contribution in [-0.4, -0.2) is 36.0 Å². The Hall–Kier alpha value is -1.26. The summed E-state index contributed by atoms with van der Waals surface area (Å²) in [5.41, 5.74) is 0.689. The van der Waals surface area contributed by atoms with Crippen LogP contribution in [0.4, 0.5) is 0 Å². The van der Waals surface area contributed by atoms with Gasteiger partial charge < -0.3 is 9.64 Å². The van der Waals surface area contributed by atoms with Crippen LogP contribution in [0.3, 0.4) is 0 Å². The summed E-state index contributed by atoms with van der Waals surface area (Å²) in [4.78, 5) is 26.6. The highest BCUT2D eigenvalue weighted by molar-refractivity contribution is 6.42. The molecule has 2 bridgehead atoms. The number of hydrogen-bond donors (Lipinski definition) is 0. The molecule has 1 heterocycles. The van der Waals surface area contributed by atoms with Crippen LogP contribution in [0.15, 0.2) is 18.2 Å². The van der Waals surface area contributed by atoms with Crippen molar-refractivity contribution in [2.24, 2.45) is 10.8 Å². The molecule has 0 spiro atoms. The van der Waals surface area contributed by atoms with Gasteiger partial charge in [-0.15, -0.1) is 0 Å². The van der Waals surface area contributed by atoms with E-state index < -0.39 is 5.97 Å². The molecule has 2 fully saturated rings. The maximum absolute atomic E-state index is 12.6. The zero-order valence-electron chi connectivity index (χ0n) is 14.8. The van der Waals surface area contributed by atoms with Gasteiger partial charge in [0.15, 0.2) is 6.61 Å². The minimum Gasteiger partial charge on any atom is -0.452 e. The number of carbonyl (C=O) groups excluding carboxylic acids is 2. The van der Waals surface area contributed by atoms with E-state index in [1.807, 2.05) is 4.90 Å². The molecule has 1 aromatic carbocycles. The SMILES string of the molecule is CC1(C)C[C@@H]2C[C@](C)(CN2C(=O)COC(=O)c2ccc(Cl)c(Cl)c2)C1. The molecule has 4 nitrogen and oxygen atoms in total. The van der Waals surface area contributed by atoms with E-state index in [1.165, 1.54) is 18.2 Å². The highest BCUT2D eigenvalue weighted by Crippen LogP contribution is 2.52. The fourth-order valence-electron chi connectivity index (χ4n) is 4.67. The molecule has 136 valence electrons. The van der Waals surface area contributed by atoms with Crippen molar-refractivity contribution >= 4 is 35.1 Å². The second-order valence-electron chi connectivity index (χ2n) is 8.44. The Morgan fingerprint density at radius 3 is 2.60 bits per heavy atom. The minimum absolute atomic E-state index is 0.125. The van der Waals surface area contributed by atoms with Crippen molar-refractivity contribution in [1.29, 1.82) is 0 Å². The highest BCUT2D eigenvalue weighted by Gasteiger charge is 2.50. The molecule has 0 aromatic heterocycles. The fraction of sp³-hybridized carbons (Fsp3) is 0.579. The Bertz CT molecular complexity index is 719. The lowest BCUT2D eigenvalue weighted by molar-refractivity contribution is -0.135. The molecule has 6 heteroatoms. The normalized spacial score (nSPS) is 27.2. The molecule has 1 aliphatic carbocycles. The average molecular weight is 384 g/mol. The summed E-state index contributed by atoms with van der Waals surface area (Å²) in [5.74, 6) is -0.694. The number of ether oxygens (including phenoxy) is 1. The second kappa shape index (κ2) is 6.48. The lowest BCUT2D eigenvalue weighted by Gasteiger charge is -2.39. The Balaban J connectivity index is 1.61. The van der Waals surface area contributed by atoms with E-state index in [4.69, 9.17) is 27.9 Å². The van der Waals surface area contributed by atoms with Gasteiger partial charge in [0.1, 0.15) is 0 Å². The van der Waals surface area contributed by atoms with Crippen LogP contribution in [0.1, 0.15) is 50.4 Å². The first-order valence-electron chi connectivity index (χ1n) is 8.50. The molecule has 0 N–H and O–H groups in total. The van der Waals surface area contributed by atoms with Gasteiger partial charge in [0.25, 0.3) is 5.91 Å². The monoisotopic (exact) mass is 383 g/mol. The van der Waals surface area contributed by atoms with E-state index in [2.05, 4.69) is 20.8 Å². The average Bonchev–Trinajstić information content (AvgIpc) is 2.76. The number of halogens is 2. The third-order valence-electron chi connectivity index (χ3n) is 5.22. The molecule has 1 saturated heterocycles. The van der Waals surface area contributed by atoms with Gasteiger partial charge in [0.05, 0.1) is 15.6 Å². The van der Waals surface area contributed by atoms with Crippen LogP contribution in [-0.2, 0) is 9.53 Å². The van der Waals surface area contributed by atoms with Gasteiger partial charge >= 0.3 is 5.97 Å². The highest BCUT2D eigenvalue weighted by atomic mass is 35.5. The second-order valence-corrected chi connectivity index (χ2v) is 9.25. The number of rotatable bonds is 3. The van der Waals surface area contributed by atoms with E-state index >= 15 is 0 Å². The molecule has 2 atom stereocenters. The Morgan fingerprint density at radius 1 is 1.20 bits per heavy atom. The summed E-state index contributed by atoms with van der Waals surface area (Å²) in [6.45, 7) is 7.26. The predicted octanol–water partition coefficient (Wildman–Crippen LogP) is 4.58. The van der Waals surface area contributed by atoms with Crippen molar-refractivity contribution < 1.29 is 14.3 Å². The quantitative estimate of drug-likeness (QED) is 0.717. The lowest BCUT2D eigenvalue weighted by atomic mass is 9.65. The van der Waals surface area contributed by atoms with E-state index in [9.17, 15) is 9.59 Å². The Kier molecular flexibility index (Phi) is 4.80. The van der Waals surface area contributed by atoms with Crippen LogP contribution in [0, 0.1) is 10.8 Å². The van der Waals surface area contributed by atoms with Crippen molar-refractivity contribution in [1.82, 2.24) is 4.90 Å². The van der Waals surface area contributed by atoms with Crippen molar-refractivity contribution in [2.45, 2.75) is 46.1 Å². The van der Waals surface area contributed by atoms with Crippen LogP contribution < -0.4 is 0 Å². The number of benzene rings is 1. The van der Waals surface area contributed by atoms with Gasteiger partial charge in [0, 0.05) is 12.6 Å². The molecular formula is C19H23Cl2NO3. The molecule has 0 unspecified atom stereocenters. The number of carbonyl (C=O) groups is 2. The number of esters is 1. The first-order valence-corrected chi connectivity index (χ1v) is 9.26. The molecule has 1 aliphatic heterocycles. The van der Waals surface area contributed by atoms with Gasteiger partial charge in [-0.2, -0.15) is 0 Å². The topological polar surface area (TPSA) is 46.6 Å². The summed E-state index contributed by atoms with van der Waals surface area (Å²) >= 11 is 11.8. The zero-order valence-corrected chi connectivity index (χ0v) is 16.3.